The fourth-order valence-corrected chi connectivity index (χ4v) is 2.86. The van der Waals surface area contributed by atoms with E-state index in [4.69, 9.17) is 18.9 Å². The average molecular weight is 497 g/mol. The summed E-state index contributed by atoms with van der Waals surface area (Å²) in [4.78, 5) is 8.94. The number of amidine groups is 1. The summed E-state index contributed by atoms with van der Waals surface area (Å²) in [6.07, 6.45) is 5.50. The molecule has 0 atom stereocenters. The van der Waals surface area contributed by atoms with Gasteiger partial charge in [0.1, 0.15) is 24.7 Å². The van der Waals surface area contributed by atoms with Crippen molar-refractivity contribution in [1.29, 1.82) is 0 Å². The van der Waals surface area contributed by atoms with Crippen LogP contribution in [0.15, 0.2) is 93.4 Å². The van der Waals surface area contributed by atoms with Crippen LogP contribution < -0.4 is 9.47 Å². The van der Waals surface area contributed by atoms with Gasteiger partial charge in [0.2, 0.25) is 5.90 Å². The second kappa shape index (κ2) is 11.9. The van der Waals surface area contributed by atoms with E-state index in [1.54, 1.807) is 20.3 Å². The molecule has 3 rings (SSSR count). The van der Waals surface area contributed by atoms with E-state index in [2.05, 4.69) is 32.5 Å². The molecule has 0 amide bonds. The molecule has 2 aromatic rings. The monoisotopic (exact) mass is 496 g/mol. The molecule has 1 aliphatic heterocycles. The zero-order chi connectivity index (χ0) is 22.8. The van der Waals surface area contributed by atoms with E-state index in [0.717, 1.165) is 32.7 Å². The van der Waals surface area contributed by atoms with Gasteiger partial charge in [-0.2, -0.15) is 4.99 Å². The lowest BCUT2D eigenvalue weighted by atomic mass is 10.2. The highest BCUT2D eigenvalue weighted by atomic mass is 79.9. The van der Waals surface area contributed by atoms with Crippen LogP contribution >= 0.6 is 15.9 Å². The number of hydrogen-bond donors (Lipinski definition) is 0. The Bertz CT molecular complexity index is 1040. The maximum Gasteiger partial charge on any atom is 0.315 e. The van der Waals surface area contributed by atoms with Gasteiger partial charge in [0.25, 0.3) is 0 Å². The van der Waals surface area contributed by atoms with Crippen LogP contribution in [0.2, 0.25) is 0 Å². The third-order valence-electron chi connectivity index (χ3n) is 4.56. The lowest BCUT2D eigenvalue weighted by molar-refractivity contribution is 0.272. The van der Waals surface area contributed by atoms with Gasteiger partial charge in [0.05, 0.1) is 20.8 Å². The maximum absolute atomic E-state index is 6.03. The number of allylic oxidation sites excluding steroid dienone is 4. The van der Waals surface area contributed by atoms with E-state index in [-0.39, 0.29) is 6.02 Å². The first-order valence-corrected chi connectivity index (χ1v) is 10.7. The summed E-state index contributed by atoms with van der Waals surface area (Å²) in [7, 11) is 3.28. The second-order valence-corrected chi connectivity index (χ2v) is 7.65. The highest BCUT2D eigenvalue weighted by Crippen LogP contribution is 2.17. The lowest BCUT2D eigenvalue weighted by Crippen LogP contribution is -2.20. The summed E-state index contributed by atoms with van der Waals surface area (Å²) in [6, 6.07) is 15.6. The summed E-state index contributed by atoms with van der Waals surface area (Å²) >= 11 is 3.42. The first-order chi connectivity index (χ1) is 15.6. The maximum atomic E-state index is 6.03. The van der Waals surface area contributed by atoms with E-state index >= 15 is 0 Å². The van der Waals surface area contributed by atoms with Crippen LogP contribution in [0, 0.1) is 0 Å². The Balaban J connectivity index is 1.71. The Hall–Kier alpha value is -3.32. The zero-order valence-corrected chi connectivity index (χ0v) is 19.7. The van der Waals surface area contributed by atoms with Gasteiger partial charge in [-0.15, -0.1) is 0 Å². The van der Waals surface area contributed by atoms with Gasteiger partial charge in [0, 0.05) is 10.1 Å². The number of rotatable bonds is 8. The number of halogens is 1. The molecule has 32 heavy (non-hydrogen) atoms. The molecule has 0 saturated heterocycles. The number of aliphatic imine (C=N–C) groups is 2. The lowest BCUT2D eigenvalue weighted by Gasteiger charge is -2.17. The van der Waals surface area contributed by atoms with Gasteiger partial charge in [-0.3, -0.25) is 0 Å². The summed E-state index contributed by atoms with van der Waals surface area (Å²) in [5, 5.41) is 0. The van der Waals surface area contributed by atoms with Gasteiger partial charge >= 0.3 is 6.02 Å². The van der Waals surface area contributed by atoms with Crippen molar-refractivity contribution >= 4 is 27.8 Å². The molecule has 1 heterocycles. The molecule has 0 aromatic heterocycles. The number of benzene rings is 2. The van der Waals surface area contributed by atoms with Crippen molar-refractivity contribution in [3.05, 3.63) is 94.5 Å². The van der Waals surface area contributed by atoms with Crippen molar-refractivity contribution in [1.82, 2.24) is 0 Å². The molecule has 0 unspecified atom stereocenters. The average Bonchev–Trinajstić information content (AvgIpc) is 2.85. The number of nitrogens with zero attached hydrogens (tertiary/aromatic N) is 2. The Morgan fingerprint density at radius 1 is 0.938 bits per heavy atom. The predicted octanol–water partition coefficient (Wildman–Crippen LogP) is 5.60. The number of ether oxygens (including phenoxy) is 4. The minimum atomic E-state index is 0.287. The Morgan fingerprint density at radius 3 is 2.03 bits per heavy atom. The fourth-order valence-electron chi connectivity index (χ4n) is 2.73. The predicted molar refractivity (Wildman–Crippen MR) is 131 cm³/mol. The van der Waals surface area contributed by atoms with Crippen molar-refractivity contribution in [2.24, 2.45) is 9.98 Å². The van der Waals surface area contributed by atoms with E-state index < -0.39 is 0 Å². The van der Waals surface area contributed by atoms with Crippen LogP contribution in [-0.2, 0) is 22.7 Å². The van der Waals surface area contributed by atoms with Gasteiger partial charge in [-0.05, 0) is 41.5 Å². The zero-order valence-electron chi connectivity index (χ0n) is 18.1. The van der Waals surface area contributed by atoms with Crippen molar-refractivity contribution in [2.75, 3.05) is 20.8 Å². The molecule has 0 spiro atoms. The molecular weight excluding hydrogens is 472 g/mol. The van der Waals surface area contributed by atoms with Gasteiger partial charge in [-0.1, -0.05) is 58.9 Å². The first kappa shape index (κ1) is 23.3. The smallest absolute Gasteiger partial charge is 0.315 e. The molecule has 0 saturated carbocycles. The van der Waals surface area contributed by atoms with E-state index in [1.165, 1.54) is 0 Å². The molecule has 2 aromatic carbocycles. The largest absolute Gasteiger partial charge is 0.497 e. The Kier molecular flexibility index (Phi) is 8.69. The van der Waals surface area contributed by atoms with Crippen LogP contribution in [-0.4, -0.2) is 32.7 Å². The quantitative estimate of drug-likeness (QED) is 0.446. The van der Waals surface area contributed by atoms with Crippen molar-refractivity contribution in [3.8, 4) is 11.5 Å². The molecule has 1 aliphatic rings. The van der Waals surface area contributed by atoms with E-state index in [9.17, 15) is 0 Å². The Morgan fingerprint density at radius 2 is 1.50 bits per heavy atom. The molecule has 6 nitrogen and oxygen atoms in total. The molecule has 0 radical (unpaired) electrons. The van der Waals surface area contributed by atoms with Crippen LogP contribution in [0.4, 0.5) is 0 Å². The highest BCUT2D eigenvalue weighted by Gasteiger charge is 2.17. The normalized spacial score (nSPS) is 15.0. The van der Waals surface area contributed by atoms with E-state index in [0.29, 0.717) is 25.7 Å². The minimum absolute atomic E-state index is 0.287. The third kappa shape index (κ3) is 6.85. The topological polar surface area (TPSA) is 61.6 Å². The molecule has 0 aliphatic carbocycles. The van der Waals surface area contributed by atoms with Crippen LogP contribution in [0.25, 0.3) is 0 Å². The van der Waals surface area contributed by atoms with Gasteiger partial charge in [-0.25, -0.2) is 4.99 Å². The summed E-state index contributed by atoms with van der Waals surface area (Å²) in [6.45, 7) is 4.84. The summed E-state index contributed by atoms with van der Waals surface area (Å²) < 4.78 is 23.1. The third-order valence-corrected chi connectivity index (χ3v) is 5.14. The standard InChI is InChI=1S/C25H25BrN2O4/c1-4-21(26)10-9-20-15-27-25(32-17-19-7-13-23(30-3)14-8-19)28-24(20)31-16-18-5-11-22(29-2)12-6-18/h4-14H,1,15-17H2,2-3H3/b20-9+,21-10+. The number of hydrogen-bond acceptors (Lipinski definition) is 6. The molecule has 7 heteroatoms. The van der Waals surface area contributed by atoms with Crippen LogP contribution in [0.3, 0.4) is 0 Å². The molecular formula is C25H25BrN2O4. The second-order valence-electron chi connectivity index (χ2n) is 6.74. The molecule has 0 fully saturated rings. The van der Waals surface area contributed by atoms with Gasteiger partial charge in [0.15, 0.2) is 0 Å². The SMILES string of the molecule is C=C/C(Br)=C\C=C1/CN=C(OCc2ccc(OC)cc2)N=C1OCc1ccc(OC)cc1. The molecule has 0 bridgehead atoms. The Labute approximate surface area is 196 Å². The van der Waals surface area contributed by atoms with Crippen LogP contribution in [0.5, 0.6) is 11.5 Å². The van der Waals surface area contributed by atoms with E-state index in [1.807, 2.05) is 60.7 Å². The first-order valence-electron chi connectivity index (χ1n) is 9.95. The fraction of sp³-hybridized carbons (Fsp3) is 0.200. The molecule has 0 N–H and O–H groups in total. The van der Waals surface area contributed by atoms with Gasteiger partial charge < -0.3 is 18.9 Å². The highest BCUT2D eigenvalue weighted by molar-refractivity contribution is 9.11. The van der Waals surface area contributed by atoms with Crippen molar-refractivity contribution in [3.63, 3.8) is 0 Å². The van der Waals surface area contributed by atoms with Crippen molar-refractivity contribution < 1.29 is 18.9 Å². The van der Waals surface area contributed by atoms with Crippen molar-refractivity contribution in [2.45, 2.75) is 13.2 Å². The summed E-state index contributed by atoms with van der Waals surface area (Å²) in [5.74, 6) is 2.07. The van der Waals surface area contributed by atoms with Crippen LogP contribution in [0.1, 0.15) is 11.1 Å². The minimum Gasteiger partial charge on any atom is -0.497 e. The summed E-state index contributed by atoms with van der Waals surface area (Å²) in [5.41, 5.74) is 2.83. The number of methoxy groups -OCH3 is 2. The molecule has 166 valence electrons.